The molecule has 0 aliphatic heterocycles. The molecule has 0 rings (SSSR count). The smallest absolute Gasteiger partial charge is 0.343 e. The van der Waals surface area contributed by atoms with E-state index in [-0.39, 0.29) is 31.4 Å². The molecular weight excluding hydrogens is 611 g/mol. The van der Waals surface area contributed by atoms with Crippen LogP contribution in [0.3, 0.4) is 0 Å². The molecule has 292 valence electrons. The van der Waals surface area contributed by atoms with Crippen LogP contribution in [0.1, 0.15) is 220 Å². The first kappa shape index (κ1) is 47.8. The Bertz CT molecular complexity index is 749. The van der Waals surface area contributed by atoms with Crippen LogP contribution in [0, 0.1) is 0 Å². The molecule has 1 amide bonds. The van der Waals surface area contributed by atoms with Crippen LogP contribution in [0.2, 0.25) is 0 Å². The number of alkyl halides is 1. The van der Waals surface area contributed by atoms with E-state index in [1.54, 1.807) is 0 Å². The molecule has 49 heavy (non-hydrogen) atoms. The van der Waals surface area contributed by atoms with Crippen LogP contribution < -0.4 is 0 Å². The third-order valence-corrected chi connectivity index (χ3v) is 10.3. The van der Waals surface area contributed by atoms with Crippen molar-refractivity contribution in [1.82, 2.24) is 9.80 Å². The van der Waals surface area contributed by atoms with Crippen molar-refractivity contribution in [3.8, 4) is 0 Å². The number of hydrogen-bond donors (Lipinski definition) is 0. The van der Waals surface area contributed by atoms with E-state index in [4.69, 9.17) is 4.74 Å². The minimum atomic E-state index is -1.90. The summed E-state index contributed by atoms with van der Waals surface area (Å²) < 4.78 is 22.2. The van der Waals surface area contributed by atoms with Crippen molar-refractivity contribution < 1.29 is 18.7 Å². The molecule has 0 aromatic heterocycles. The van der Waals surface area contributed by atoms with E-state index in [1.807, 2.05) is 0 Å². The molecule has 5 nitrogen and oxygen atoms in total. The van der Waals surface area contributed by atoms with E-state index in [2.05, 4.69) is 51.6 Å². The lowest BCUT2D eigenvalue weighted by Gasteiger charge is -2.33. The highest BCUT2D eigenvalue weighted by molar-refractivity contribution is 5.79. The molecule has 0 radical (unpaired) electrons. The van der Waals surface area contributed by atoms with Crippen molar-refractivity contribution in [3.63, 3.8) is 0 Å². The highest BCUT2D eigenvalue weighted by atomic mass is 19.1. The maximum atomic E-state index is 16.3. The maximum Gasteiger partial charge on any atom is 0.343 e. The molecule has 2 atom stereocenters. The van der Waals surface area contributed by atoms with Crippen molar-refractivity contribution in [2.75, 3.05) is 33.8 Å². The second-order valence-corrected chi connectivity index (χ2v) is 15.4. The molecule has 0 aromatic carbocycles. The fraction of sp³-hybridized carbons (Fsp3) is 0.953. The Kier molecular flexibility index (Phi) is 33.1. The summed E-state index contributed by atoms with van der Waals surface area (Å²) in [4.78, 5) is 31.5. The zero-order valence-corrected chi connectivity index (χ0v) is 33.9. The standard InChI is InChI=1S/C43H85FN2O3/c1-7-11-15-19-22-24-27-32-40(46(38-31-37-45(5)6)41(47)33-28-25-23-20-16-12-8-2)34-39-49-42(48)43(44,35-29-18-14-10-4)36-30-26-21-17-13-9-3/h40H,7-39H2,1-6H3. The van der Waals surface area contributed by atoms with Crippen LogP contribution in [0.5, 0.6) is 0 Å². The molecule has 0 aromatic rings. The quantitative estimate of drug-likeness (QED) is 0.0479. The SMILES string of the molecule is CCCCCCCCCC(=O)N(CCCN(C)C)C(CCCCCCCCC)CCOC(=O)C(F)(CCCCCC)CCCCCCCC. The zero-order valence-electron chi connectivity index (χ0n) is 33.9. The predicted molar refractivity (Wildman–Crippen MR) is 210 cm³/mol. The number of rotatable bonds is 37. The molecule has 0 heterocycles. The number of nitrogens with zero attached hydrogens (tertiary/aromatic N) is 2. The van der Waals surface area contributed by atoms with E-state index in [0.29, 0.717) is 12.8 Å². The number of carbonyl (C=O) groups excluding carboxylic acids is 2. The van der Waals surface area contributed by atoms with Gasteiger partial charge in [0.05, 0.1) is 6.61 Å². The second kappa shape index (κ2) is 33.9. The minimum absolute atomic E-state index is 0.0276. The normalized spacial score (nSPS) is 13.5. The van der Waals surface area contributed by atoms with E-state index < -0.39 is 11.6 Å². The lowest BCUT2D eigenvalue weighted by atomic mass is 9.91. The van der Waals surface area contributed by atoms with Crippen LogP contribution in [-0.4, -0.2) is 67.2 Å². The molecule has 0 fully saturated rings. The van der Waals surface area contributed by atoms with Crippen LogP contribution in [0.4, 0.5) is 4.39 Å². The molecule has 0 N–H and O–H groups in total. The molecule has 2 unspecified atom stereocenters. The van der Waals surface area contributed by atoms with E-state index in [0.717, 1.165) is 90.1 Å². The summed E-state index contributed by atoms with van der Waals surface area (Å²) in [6.45, 7) is 10.7. The van der Waals surface area contributed by atoms with Gasteiger partial charge in [-0.1, -0.05) is 163 Å². The fourth-order valence-electron chi connectivity index (χ4n) is 7.00. The number of ether oxygens (including phenoxy) is 1. The van der Waals surface area contributed by atoms with E-state index in [1.165, 1.54) is 89.9 Å². The fourth-order valence-corrected chi connectivity index (χ4v) is 7.00. The maximum absolute atomic E-state index is 16.3. The first-order valence-electron chi connectivity index (χ1n) is 21.6. The monoisotopic (exact) mass is 697 g/mol. The largest absolute Gasteiger partial charge is 0.463 e. The van der Waals surface area contributed by atoms with Crippen molar-refractivity contribution in [3.05, 3.63) is 0 Å². The van der Waals surface area contributed by atoms with Gasteiger partial charge in [0.1, 0.15) is 0 Å². The van der Waals surface area contributed by atoms with Gasteiger partial charge in [-0.25, -0.2) is 9.18 Å². The van der Waals surface area contributed by atoms with Crippen molar-refractivity contribution in [1.29, 1.82) is 0 Å². The third-order valence-electron chi connectivity index (χ3n) is 10.3. The number of hydrogen-bond acceptors (Lipinski definition) is 4. The summed E-state index contributed by atoms with van der Waals surface area (Å²) in [5, 5.41) is 0. The molecule has 0 aliphatic rings. The van der Waals surface area contributed by atoms with Gasteiger partial charge in [-0.3, -0.25) is 4.79 Å². The molecular formula is C43H85FN2O3. The number of carbonyl (C=O) groups is 2. The van der Waals surface area contributed by atoms with Crippen LogP contribution in [0.15, 0.2) is 0 Å². The second-order valence-electron chi connectivity index (χ2n) is 15.4. The lowest BCUT2D eigenvalue weighted by molar-refractivity contribution is -0.159. The average Bonchev–Trinajstić information content (AvgIpc) is 3.08. The summed E-state index contributed by atoms with van der Waals surface area (Å²) >= 11 is 0. The molecule has 0 aliphatic carbocycles. The molecule has 0 spiro atoms. The summed E-state index contributed by atoms with van der Waals surface area (Å²) in [7, 11) is 4.16. The molecule has 0 saturated heterocycles. The van der Waals surface area contributed by atoms with Gasteiger partial charge in [-0.15, -0.1) is 0 Å². The highest BCUT2D eigenvalue weighted by Gasteiger charge is 2.39. The molecule has 0 saturated carbocycles. The zero-order chi connectivity index (χ0) is 36.4. The summed E-state index contributed by atoms with van der Waals surface area (Å²) in [6, 6.07) is 0.0276. The summed E-state index contributed by atoms with van der Waals surface area (Å²) in [6.07, 6.45) is 30.7. The van der Waals surface area contributed by atoms with E-state index >= 15 is 4.39 Å². The van der Waals surface area contributed by atoms with Crippen LogP contribution in [0.25, 0.3) is 0 Å². The Morgan fingerprint density at radius 1 is 0.551 bits per heavy atom. The van der Waals surface area contributed by atoms with Gasteiger partial charge in [0, 0.05) is 25.4 Å². The van der Waals surface area contributed by atoms with Gasteiger partial charge in [0.2, 0.25) is 11.6 Å². The number of esters is 1. The van der Waals surface area contributed by atoms with Gasteiger partial charge >= 0.3 is 5.97 Å². The topological polar surface area (TPSA) is 49.9 Å². The van der Waals surface area contributed by atoms with E-state index in [9.17, 15) is 9.59 Å². The molecule has 0 bridgehead atoms. The van der Waals surface area contributed by atoms with Crippen LogP contribution in [-0.2, 0) is 14.3 Å². The minimum Gasteiger partial charge on any atom is -0.463 e. The summed E-state index contributed by atoms with van der Waals surface area (Å²) in [5.74, 6) is -0.425. The highest BCUT2D eigenvalue weighted by Crippen LogP contribution is 2.29. The predicted octanol–water partition coefficient (Wildman–Crippen LogP) is 12.8. The van der Waals surface area contributed by atoms with Gasteiger partial charge in [-0.2, -0.15) is 0 Å². The lowest BCUT2D eigenvalue weighted by Crippen LogP contribution is -2.43. The first-order valence-corrected chi connectivity index (χ1v) is 21.6. The average molecular weight is 697 g/mol. The summed E-state index contributed by atoms with van der Waals surface area (Å²) in [5.41, 5.74) is -1.90. The number of halogens is 1. The van der Waals surface area contributed by atoms with Gasteiger partial charge in [0.25, 0.3) is 0 Å². The van der Waals surface area contributed by atoms with Gasteiger partial charge in [0.15, 0.2) is 0 Å². The Hall–Kier alpha value is -1.17. The van der Waals surface area contributed by atoms with Gasteiger partial charge < -0.3 is 14.5 Å². The van der Waals surface area contributed by atoms with Crippen molar-refractivity contribution >= 4 is 11.9 Å². The number of amides is 1. The van der Waals surface area contributed by atoms with Crippen LogP contribution >= 0.6 is 0 Å². The first-order chi connectivity index (χ1) is 23.7. The Morgan fingerprint density at radius 3 is 1.47 bits per heavy atom. The van der Waals surface area contributed by atoms with Crippen molar-refractivity contribution in [2.24, 2.45) is 0 Å². The molecule has 6 heteroatoms. The van der Waals surface area contributed by atoms with Crippen molar-refractivity contribution in [2.45, 2.75) is 232 Å². The third kappa shape index (κ3) is 27.2. The Labute approximate surface area is 305 Å². The Balaban J connectivity index is 5.53. The van der Waals surface area contributed by atoms with Gasteiger partial charge in [-0.05, 0) is 65.6 Å². The Morgan fingerprint density at radius 2 is 0.980 bits per heavy atom. The number of unbranched alkanes of at least 4 members (excludes halogenated alkanes) is 20.